The predicted molar refractivity (Wildman–Crippen MR) is 71.5 cm³/mol. The molecule has 0 heterocycles. The average Bonchev–Trinajstić information content (AvgIpc) is 2.27. The van der Waals surface area contributed by atoms with Crippen molar-refractivity contribution in [1.82, 2.24) is 4.57 Å². The highest BCUT2D eigenvalue weighted by Crippen LogP contribution is 2.32. The molecule has 0 aliphatic heterocycles. The zero-order valence-electron chi connectivity index (χ0n) is 11.3. The van der Waals surface area contributed by atoms with Crippen molar-refractivity contribution in [2.24, 2.45) is 0 Å². The zero-order valence-corrected chi connectivity index (χ0v) is 12.5. The van der Waals surface area contributed by atoms with Gasteiger partial charge in [0.25, 0.3) is 0 Å². The van der Waals surface area contributed by atoms with Gasteiger partial charge in [-0.15, -0.1) is 0 Å². The van der Waals surface area contributed by atoms with E-state index < -0.39 is 8.96 Å². The summed E-state index contributed by atoms with van der Waals surface area (Å²) < 4.78 is 2.67. The van der Waals surface area contributed by atoms with E-state index in [1.54, 1.807) is 5.70 Å². The van der Waals surface area contributed by atoms with Crippen molar-refractivity contribution in [1.29, 1.82) is 0 Å². The smallest absolute Gasteiger partial charge is 0.134 e. The van der Waals surface area contributed by atoms with Gasteiger partial charge in [0.2, 0.25) is 0 Å². The topological polar surface area (TPSA) is 3.24 Å². The highest BCUT2D eigenvalue weighted by molar-refractivity contribution is 6.53. The Morgan fingerprint density at radius 3 is 2.00 bits per heavy atom. The largest absolute Gasteiger partial charge is 0.399 e. The molecule has 86 valence electrons. The van der Waals surface area contributed by atoms with Gasteiger partial charge in [-0.05, 0) is 40.7 Å². The fraction of sp³-hybridized carbons (Fsp3) is 0.692. The molecule has 0 aromatic rings. The maximum atomic E-state index is 2.67. The summed E-state index contributed by atoms with van der Waals surface area (Å²) in [5.74, 6) is 0. The van der Waals surface area contributed by atoms with Gasteiger partial charge in [0.1, 0.15) is 8.96 Å². The Kier molecular flexibility index (Phi) is 3.49. The van der Waals surface area contributed by atoms with Crippen LogP contribution in [0.4, 0.5) is 0 Å². The molecule has 0 unspecified atom stereocenters. The summed E-state index contributed by atoms with van der Waals surface area (Å²) in [6.07, 6.45) is 3.54. The SMILES string of the molecule is CC1=C(C)CC(N([SiH](C)C)C(C)(C)C)=C1. The van der Waals surface area contributed by atoms with Crippen LogP contribution >= 0.6 is 0 Å². The number of hydrogen-bond donors (Lipinski definition) is 0. The summed E-state index contributed by atoms with van der Waals surface area (Å²) in [7, 11) is -0.780. The van der Waals surface area contributed by atoms with Crippen LogP contribution in [-0.2, 0) is 0 Å². The lowest BCUT2D eigenvalue weighted by Gasteiger charge is -2.42. The first kappa shape index (κ1) is 12.6. The molecule has 2 heteroatoms. The predicted octanol–water partition coefficient (Wildman–Crippen LogP) is 3.69. The Bertz CT molecular complexity index is 305. The minimum atomic E-state index is -0.780. The first-order chi connectivity index (χ1) is 6.73. The molecule has 15 heavy (non-hydrogen) atoms. The van der Waals surface area contributed by atoms with E-state index in [9.17, 15) is 0 Å². The van der Waals surface area contributed by atoms with Gasteiger partial charge in [-0.3, -0.25) is 0 Å². The fourth-order valence-electron chi connectivity index (χ4n) is 2.53. The molecule has 0 radical (unpaired) electrons. The minimum absolute atomic E-state index is 0.275. The molecular weight excluding hydrogens is 198 g/mol. The maximum Gasteiger partial charge on any atom is 0.134 e. The standard InChI is InChI=1S/C13H25NSi/c1-10-8-12(9-11(10)2)14(15(6)7)13(3,4)5/h8,15H,9H2,1-7H3. The Morgan fingerprint density at radius 1 is 1.20 bits per heavy atom. The van der Waals surface area contributed by atoms with Gasteiger partial charge in [-0.1, -0.05) is 24.2 Å². The first-order valence-corrected chi connectivity index (χ1v) is 8.72. The second-order valence-electron chi connectivity index (χ2n) is 5.91. The molecule has 1 nitrogen and oxygen atoms in total. The third-order valence-electron chi connectivity index (χ3n) is 3.05. The molecule has 0 aromatic heterocycles. The van der Waals surface area contributed by atoms with E-state index in [4.69, 9.17) is 0 Å². The van der Waals surface area contributed by atoms with Crippen LogP contribution in [0.2, 0.25) is 13.1 Å². The zero-order chi connectivity index (χ0) is 11.8. The maximum absolute atomic E-state index is 2.67. The summed E-state index contributed by atoms with van der Waals surface area (Å²) >= 11 is 0. The van der Waals surface area contributed by atoms with Crippen LogP contribution in [0.1, 0.15) is 41.0 Å². The molecule has 0 spiro atoms. The summed E-state index contributed by atoms with van der Waals surface area (Å²) in [4.78, 5) is 0. The molecule has 1 rings (SSSR count). The number of hydrogen-bond acceptors (Lipinski definition) is 1. The molecule has 0 saturated carbocycles. The van der Waals surface area contributed by atoms with Gasteiger partial charge in [0.15, 0.2) is 0 Å². The molecule has 0 fully saturated rings. The van der Waals surface area contributed by atoms with Crippen molar-refractivity contribution in [2.45, 2.75) is 59.7 Å². The molecule has 0 saturated heterocycles. The van der Waals surface area contributed by atoms with E-state index in [-0.39, 0.29) is 5.54 Å². The van der Waals surface area contributed by atoms with Gasteiger partial charge in [-0.25, -0.2) is 0 Å². The van der Waals surface area contributed by atoms with Crippen LogP contribution in [0.5, 0.6) is 0 Å². The summed E-state index contributed by atoms with van der Waals surface area (Å²) in [5.41, 5.74) is 4.82. The second-order valence-corrected chi connectivity index (χ2v) is 8.61. The van der Waals surface area contributed by atoms with E-state index >= 15 is 0 Å². The van der Waals surface area contributed by atoms with Crippen LogP contribution in [0, 0.1) is 0 Å². The Morgan fingerprint density at radius 2 is 1.73 bits per heavy atom. The quantitative estimate of drug-likeness (QED) is 0.645. The van der Waals surface area contributed by atoms with Crippen LogP contribution in [0.25, 0.3) is 0 Å². The van der Waals surface area contributed by atoms with Crippen molar-refractivity contribution < 1.29 is 0 Å². The third kappa shape index (κ3) is 2.74. The molecular formula is C13H25NSi. The van der Waals surface area contributed by atoms with Crippen molar-refractivity contribution in [2.75, 3.05) is 0 Å². The number of nitrogens with zero attached hydrogens (tertiary/aromatic N) is 1. The molecule has 0 aromatic carbocycles. The van der Waals surface area contributed by atoms with E-state index in [1.165, 1.54) is 11.1 Å². The fourth-order valence-corrected chi connectivity index (χ4v) is 4.91. The highest BCUT2D eigenvalue weighted by Gasteiger charge is 2.28. The van der Waals surface area contributed by atoms with Crippen LogP contribution in [-0.4, -0.2) is 19.1 Å². The van der Waals surface area contributed by atoms with Gasteiger partial charge in [0, 0.05) is 17.7 Å². The number of allylic oxidation sites excluding steroid dienone is 3. The molecule has 0 bridgehead atoms. The van der Waals surface area contributed by atoms with E-state index in [1.807, 2.05) is 0 Å². The molecule has 0 N–H and O–H groups in total. The van der Waals surface area contributed by atoms with Crippen molar-refractivity contribution in [3.63, 3.8) is 0 Å². The monoisotopic (exact) mass is 223 g/mol. The van der Waals surface area contributed by atoms with Gasteiger partial charge >= 0.3 is 0 Å². The first-order valence-electron chi connectivity index (χ1n) is 5.89. The third-order valence-corrected chi connectivity index (χ3v) is 5.19. The molecule has 0 atom stereocenters. The number of rotatable bonds is 2. The average molecular weight is 223 g/mol. The lowest BCUT2D eigenvalue weighted by molar-refractivity contribution is 0.298. The van der Waals surface area contributed by atoms with Crippen LogP contribution < -0.4 is 0 Å². The highest BCUT2D eigenvalue weighted by atomic mass is 28.3. The van der Waals surface area contributed by atoms with Gasteiger partial charge in [-0.2, -0.15) is 0 Å². The normalized spacial score (nSPS) is 17.5. The molecule has 1 aliphatic carbocycles. The van der Waals surface area contributed by atoms with E-state index in [0.717, 1.165) is 6.42 Å². The minimum Gasteiger partial charge on any atom is -0.399 e. The Labute approximate surface area is 96.6 Å². The van der Waals surface area contributed by atoms with Gasteiger partial charge in [0.05, 0.1) is 0 Å². The van der Waals surface area contributed by atoms with Crippen LogP contribution in [0.3, 0.4) is 0 Å². The summed E-state index contributed by atoms with van der Waals surface area (Å²) in [6.45, 7) is 16.3. The summed E-state index contributed by atoms with van der Waals surface area (Å²) in [5, 5.41) is 0. The lowest BCUT2D eigenvalue weighted by atomic mass is 10.1. The lowest BCUT2D eigenvalue weighted by Crippen LogP contribution is -2.47. The summed E-state index contributed by atoms with van der Waals surface area (Å²) in [6, 6.07) is 0. The van der Waals surface area contributed by atoms with E-state index in [0.29, 0.717) is 0 Å². The molecule has 1 aliphatic rings. The van der Waals surface area contributed by atoms with Gasteiger partial charge < -0.3 is 4.57 Å². The van der Waals surface area contributed by atoms with Crippen molar-refractivity contribution in [3.05, 3.63) is 22.9 Å². The van der Waals surface area contributed by atoms with Crippen molar-refractivity contribution in [3.8, 4) is 0 Å². The Balaban J connectivity index is 2.92. The van der Waals surface area contributed by atoms with Crippen LogP contribution in [0.15, 0.2) is 22.9 Å². The Hall–Kier alpha value is -0.503. The van der Waals surface area contributed by atoms with Crippen molar-refractivity contribution >= 4 is 8.96 Å². The second kappa shape index (κ2) is 4.16. The molecule has 0 amide bonds. The van der Waals surface area contributed by atoms with E-state index in [2.05, 4.69) is 58.4 Å².